The Hall–Kier alpha value is -2.68. The highest BCUT2D eigenvalue weighted by molar-refractivity contribution is 6.63. The molecule has 2 nitrogen and oxygen atoms in total. The Labute approximate surface area is 176 Å². The van der Waals surface area contributed by atoms with Crippen LogP contribution >= 0.6 is 0 Å². The van der Waals surface area contributed by atoms with Crippen molar-refractivity contribution in [1.29, 1.82) is 0 Å². The van der Waals surface area contributed by atoms with Crippen LogP contribution in [0.25, 0.3) is 0 Å². The summed E-state index contributed by atoms with van der Waals surface area (Å²) in [6, 6.07) is 28.3. The Bertz CT molecular complexity index is 779. The smallest absolute Gasteiger partial charge is 0.522 e. The summed E-state index contributed by atoms with van der Waals surface area (Å²) >= 11 is 0. The molecular weight excluding hydrogens is 355 g/mol. The quantitative estimate of drug-likeness (QED) is 0.263. The molecule has 0 spiro atoms. The van der Waals surface area contributed by atoms with E-state index in [1.165, 1.54) is 44.1 Å². The van der Waals surface area contributed by atoms with Gasteiger partial charge in [-0.2, -0.15) is 0 Å². The summed E-state index contributed by atoms with van der Waals surface area (Å²) in [5, 5.41) is 0. The van der Waals surface area contributed by atoms with Gasteiger partial charge < -0.3 is 9.31 Å². The summed E-state index contributed by atoms with van der Waals surface area (Å²) < 4.78 is 12.6. The molecule has 3 heteroatoms. The van der Waals surface area contributed by atoms with Crippen molar-refractivity contribution in [3.63, 3.8) is 0 Å². The molecule has 3 rings (SSSR count). The first-order valence-electron chi connectivity index (χ1n) is 10.9. The monoisotopic (exact) mass is 386 g/mol. The fourth-order valence-electron chi connectivity index (χ4n) is 3.48. The molecule has 0 radical (unpaired) electrons. The lowest BCUT2D eigenvalue weighted by molar-refractivity contribution is 0.438. The molecule has 0 N–H and O–H groups in total. The van der Waals surface area contributed by atoms with Gasteiger partial charge in [0.15, 0.2) is 0 Å². The molecule has 150 valence electrons. The van der Waals surface area contributed by atoms with Crippen LogP contribution in [0, 0.1) is 0 Å². The zero-order valence-electron chi connectivity index (χ0n) is 17.4. The molecule has 0 aliphatic carbocycles. The van der Waals surface area contributed by atoms with E-state index in [-0.39, 0.29) is 0 Å². The normalized spacial score (nSPS) is 10.5. The summed E-state index contributed by atoms with van der Waals surface area (Å²) in [6.07, 6.45) is 8.82. The molecule has 0 saturated carbocycles. The largest absolute Gasteiger partial charge is 0.632 e. The van der Waals surface area contributed by atoms with Crippen LogP contribution < -0.4 is 14.8 Å². The van der Waals surface area contributed by atoms with Crippen molar-refractivity contribution in [2.24, 2.45) is 0 Å². The van der Waals surface area contributed by atoms with E-state index in [1.807, 2.05) is 60.7 Å². The second-order valence-electron chi connectivity index (χ2n) is 7.41. The van der Waals surface area contributed by atoms with Crippen LogP contribution in [0.2, 0.25) is 0 Å². The standard InChI is InChI=1S/C26H31BO2/c1-2-3-4-5-6-9-16-23-17-14-15-22-26(23)27(28-24-18-10-7-11-19-24)29-25-20-12-8-13-21-25/h7-8,10-15,17-22H,2-6,9,16H2,1H3. The lowest BCUT2D eigenvalue weighted by Crippen LogP contribution is -2.44. The van der Waals surface area contributed by atoms with Crippen LogP contribution in [0.1, 0.15) is 51.0 Å². The lowest BCUT2D eigenvalue weighted by atomic mass is 9.74. The van der Waals surface area contributed by atoms with Crippen molar-refractivity contribution in [1.82, 2.24) is 0 Å². The number of benzene rings is 3. The Morgan fingerprint density at radius 1 is 0.586 bits per heavy atom. The minimum absolute atomic E-state index is 0.476. The molecule has 3 aromatic rings. The van der Waals surface area contributed by atoms with Crippen LogP contribution in [-0.4, -0.2) is 7.12 Å². The van der Waals surface area contributed by atoms with Gasteiger partial charge in [-0.25, -0.2) is 0 Å². The van der Waals surface area contributed by atoms with Crippen molar-refractivity contribution in [2.75, 3.05) is 0 Å². The highest BCUT2D eigenvalue weighted by Crippen LogP contribution is 2.16. The highest BCUT2D eigenvalue weighted by Gasteiger charge is 2.28. The van der Waals surface area contributed by atoms with Gasteiger partial charge in [-0.3, -0.25) is 0 Å². The van der Waals surface area contributed by atoms with E-state index in [1.54, 1.807) is 0 Å². The number of para-hydroxylation sites is 2. The predicted octanol–water partition coefficient (Wildman–Crippen LogP) is 6.44. The minimum Gasteiger partial charge on any atom is -0.522 e. The highest BCUT2D eigenvalue weighted by atomic mass is 16.6. The molecular formula is C26H31BO2. The Balaban J connectivity index is 1.74. The molecule has 0 fully saturated rings. The fourth-order valence-corrected chi connectivity index (χ4v) is 3.48. The van der Waals surface area contributed by atoms with Crippen LogP contribution in [-0.2, 0) is 6.42 Å². The maximum Gasteiger partial charge on any atom is 0.632 e. The van der Waals surface area contributed by atoms with Crippen molar-refractivity contribution < 1.29 is 9.31 Å². The average molecular weight is 386 g/mol. The SMILES string of the molecule is CCCCCCCCc1ccccc1B(Oc1ccccc1)Oc1ccccc1. The summed E-state index contributed by atoms with van der Waals surface area (Å²) in [5.74, 6) is 1.62. The van der Waals surface area contributed by atoms with Gasteiger partial charge in [-0.1, -0.05) is 99.7 Å². The third-order valence-electron chi connectivity index (χ3n) is 5.08. The van der Waals surface area contributed by atoms with E-state index in [2.05, 4.69) is 31.2 Å². The second-order valence-corrected chi connectivity index (χ2v) is 7.41. The van der Waals surface area contributed by atoms with Crippen LogP contribution in [0.15, 0.2) is 84.9 Å². The molecule has 0 aromatic heterocycles. The van der Waals surface area contributed by atoms with Gasteiger partial charge in [-0.15, -0.1) is 0 Å². The number of aryl methyl sites for hydroxylation is 1. The van der Waals surface area contributed by atoms with Crippen LogP contribution in [0.4, 0.5) is 0 Å². The van der Waals surface area contributed by atoms with Crippen molar-refractivity contribution in [3.8, 4) is 11.5 Å². The first kappa shape index (κ1) is 21.0. The predicted molar refractivity (Wildman–Crippen MR) is 123 cm³/mol. The minimum atomic E-state index is -0.476. The maximum atomic E-state index is 6.28. The number of unbranched alkanes of at least 4 members (excludes halogenated alkanes) is 5. The molecule has 29 heavy (non-hydrogen) atoms. The summed E-state index contributed by atoms with van der Waals surface area (Å²) in [7, 11) is -0.476. The van der Waals surface area contributed by atoms with E-state index in [0.717, 1.165) is 23.4 Å². The zero-order valence-corrected chi connectivity index (χ0v) is 17.4. The number of rotatable bonds is 12. The van der Waals surface area contributed by atoms with Gasteiger partial charge in [0.1, 0.15) is 11.5 Å². The van der Waals surface area contributed by atoms with Crippen molar-refractivity contribution in [3.05, 3.63) is 90.5 Å². The molecule has 3 aromatic carbocycles. The molecule has 0 heterocycles. The molecule has 0 saturated heterocycles. The van der Waals surface area contributed by atoms with E-state index >= 15 is 0 Å². The van der Waals surface area contributed by atoms with E-state index in [4.69, 9.17) is 9.31 Å². The lowest BCUT2D eigenvalue weighted by Gasteiger charge is -2.19. The number of hydrogen-bond acceptors (Lipinski definition) is 2. The first-order chi connectivity index (χ1) is 14.4. The maximum absolute atomic E-state index is 6.28. The van der Waals surface area contributed by atoms with Gasteiger partial charge in [0.2, 0.25) is 0 Å². The molecule has 0 bridgehead atoms. The van der Waals surface area contributed by atoms with Gasteiger partial charge in [0.25, 0.3) is 0 Å². The van der Waals surface area contributed by atoms with Crippen LogP contribution in [0.5, 0.6) is 11.5 Å². The Morgan fingerprint density at radius 2 is 1.10 bits per heavy atom. The van der Waals surface area contributed by atoms with Crippen LogP contribution in [0.3, 0.4) is 0 Å². The topological polar surface area (TPSA) is 18.5 Å². The summed E-state index contributed by atoms with van der Waals surface area (Å²) in [6.45, 7) is 2.26. The Kier molecular flexibility index (Phi) is 8.71. The summed E-state index contributed by atoms with van der Waals surface area (Å²) in [5.41, 5.74) is 2.41. The summed E-state index contributed by atoms with van der Waals surface area (Å²) in [4.78, 5) is 0. The molecule has 0 atom stereocenters. The average Bonchev–Trinajstić information content (AvgIpc) is 2.77. The van der Waals surface area contributed by atoms with Crippen molar-refractivity contribution >= 4 is 12.6 Å². The zero-order chi connectivity index (χ0) is 20.2. The van der Waals surface area contributed by atoms with E-state index < -0.39 is 7.12 Å². The first-order valence-corrected chi connectivity index (χ1v) is 10.9. The van der Waals surface area contributed by atoms with E-state index in [0.29, 0.717) is 0 Å². The fraction of sp³-hybridized carbons (Fsp3) is 0.308. The molecule has 0 aliphatic rings. The van der Waals surface area contributed by atoms with Gasteiger partial charge in [-0.05, 0) is 42.7 Å². The third kappa shape index (κ3) is 7.01. The molecule has 0 unspecified atom stereocenters. The molecule has 0 aliphatic heterocycles. The van der Waals surface area contributed by atoms with Crippen molar-refractivity contribution in [2.45, 2.75) is 51.9 Å². The van der Waals surface area contributed by atoms with Gasteiger partial charge >= 0.3 is 7.12 Å². The third-order valence-corrected chi connectivity index (χ3v) is 5.08. The van der Waals surface area contributed by atoms with Gasteiger partial charge in [0.05, 0.1) is 0 Å². The van der Waals surface area contributed by atoms with E-state index in [9.17, 15) is 0 Å². The second kappa shape index (κ2) is 12.0. The Morgan fingerprint density at radius 3 is 1.72 bits per heavy atom. The molecule has 0 amide bonds. The van der Waals surface area contributed by atoms with Gasteiger partial charge in [0, 0.05) is 5.46 Å². The number of hydrogen-bond donors (Lipinski definition) is 0.